The van der Waals surface area contributed by atoms with Gasteiger partial charge in [-0.2, -0.15) is 0 Å². The zero-order valence-corrected chi connectivity index (χ0v) is 17.7. The van der Waals surface area contributed by atoms with Crippen molar-refractivity contribution < 1.29 is 9.47 Å². The number of benzene rings is 2. The molecule has 142 valence electrons. The lowest BCUT2D eigenvalue weighted by atomic mass is 10.1. The summed E-state index contributed by atoms with van der Waals surface area (Å²) in [4.78, 5) is 4.65. The van der Waals surface area contributed by atoms with Gasteiger partial charge in [0.2, 0.25) is 0 Å². The van der Waals surface area contributed by atoms with Crippen molar-refractivity contribution in [2.24, 2.45) is 4.99 Å². The van der Waals surface area contributed by atoms with Gasteiger partial charge < -0.3 is 20.1 Å². The average molecular weight is 469 g/mol. The number of nitrogens with zero attached hydrogens (tertiary/aromatic N) is 1. The Morgan fingerprint density at radius 3 is 2.35 bits per heavy atom. The third-order valence-corrected chi connectivity index (χ3v) is 3.58. The second kappa shape index (κ2) is 13.4. The number of hydrogen-bond donors (Lipinski definition) is 2. The lowest BCUT2D eigenvalue weighted by Gasteiger charge is -2.13. The van der Waals surface area contributed by atoms with E-state index in [1.807, 2.05) is 42.5 Å². The highest BCUT2D eigenvalue weighted by Crippen LogP contribution is 2.11. The Hall–Kier alpha value is -1.80. The summed E-state index contributed by atoms with van der Waals surface area (Å²) >= 11 is 0. The van der Waals surface area contributed by atoms with E-state index in [2.05, 4.69) is 34.7 Å². The molecule has 0 heterocycles. The molecular formula is C20H28IN3O2. The van der Waals surface area contributed by atoms with Gasteiger partial charge in [0, 0.05) is 13.7 Å². The fourth-order valence-electron chi connectivity index (χ4n) is 2.37. The van der Waals surface area contributed by atoms with Crippen LogP contribution in [-0.2, 0) is 17.9 Å². The maximum Gasteiger partial charge on any atom is 0.191 e. The van der Waals surface area contributed by atoms with Crippen LogP contribution in [0.1, 0.15) is 18.1 Å². The number of aliphatic imine (C=N–C) groups is 1. The number of halogens is 1. The molecule has 2 aromatic rings. The topological polar surface area (TPSA) is 54.9 Å². The number of guanidine groups is 1. The molecule has 0 aromatic heterocycles. The van der Waals surface area contributed by atoms with E-state index >= 15 is 0 Å². The molecule has 0 aliphatic rings. The number of para-hydroxylation sites is 1. The minimum Gasteiger partial charge on any atom is -0.492 e. The van der Waals surface area contributed by atoms with E-state index in [0.717, 1.165) is 23.8 Å². The summed E-state index contributed by atoms with van der Waals surface area (Å²) in [6, 6.07) is 18.0. The highest BCUT2D eigenvalue weighted by Gasteiger charge is 2.02. The van der Waals surface area contributed by atoms with Gasteiger partial charge in [-0.1, -0.05) is 42.5 Å². The summed E-state index contributed by atoms with van der Waals surface area (Å²) in [7, 11) is 1.71. The molecule has 0 unspecified atom stereocenters. The van der Waals surface area contributed by atoms with Gasteiger partial charge >= 0.3 is 0 Å². The molecule has 0 radical (unpaired) electrons. The lowest BCUT2D eigenvalue weighted by Crippen LogP contribution is -2.39. The predicted molar refractivity (Wildman–Crippen MR) is 117 cm³/mol. The number of nitrogens with one attached hydrogen (secondary N) is 2. The molecule has 2 N–H and O–H groups in total. The zero-order valence-electron chi connectivity index (χ0n) is 15.4. The van der Waals surface area contributed by atoms with E-state index in [1.165, 1.54) is 5.56 Å². The lowest BCUT2D eigenvalue weighted by molar-refractivity contribution is 0.184. The summed E-state index contributed by atoms with van der Waals surface area (Å²) < 4.78 is 10.9. The molecule has 0 aliphatic heterocycles. The summed E-state index contributed by atoms with van der Waals surface area (Å²) in [5.74, 6) is 1.66. The molecule has 6 heteroatoms. The van der Waals surface area contributed by atoms with Gasteiger partial charge in [-0.3, -0.25) is 0 Å². The Kier molecular flexibility index (Phi) is 11.5. The maximum atomic E-state index is 5.69. The van der Waals surface area contributed by atoms with Gasteiger partial charge in [0.1, 0.15) is 12.4 Å². The molecule has 0 bridgehead atoms. The third-order valence-electron chi connectivity index (χ3n) is 3.58. The van der Waals surface area contributed by atoms with E-state index in [-0.39, 0.29) is 24.0 Å². The minimum atomic E-state index is 0. The van der Waals surface area contributed by atoms with Crippen molar-refractivity contribution in [3.63, 3.8) is 0 Å². The van der Waals surface area contributed by atoms with Gasteiger partial charge in [-0.05, 0) is 30.2 Å². The maximum absolute atomic E-state index is 5.69. The van der Waals surface area contributed by atoms with E-state index in [0.29, 0.717) is 26.3 Å². The van der Waals surface area contributed by atoms with Crippen LogP contribution < -0.4 is 15.4 Å². The van der Waals surface area contributed by atoms with Gasteiger partial charge in [0.15, 0.2) is 5.96 Å². The molecule has 2 rings (SSSR count). The molecule has 0 spiro atoms. The van der Waals surface area contributed by atoms with E-state index in [9.17, 15) is 0 Å². The molecule has 0 saturated carbocycles. The molecular weight excluding hydrogens is 441 g/mol. The molecule has 5 nitrogen and oxygen atoms in total. The number of rotatable bonds is 9. The van der Waals surface area contributed by atoms with E-state index in [4.69, 9.17) is 9.47 Å². The highest BCUT2D eigenvalue weighted by molar-refractivity contribution is 14.0. The van der Waals surface area contributed by atoms with E-state index in [1.54, 1.807) is 7.11 Å². The van der Waals surface area contributed by atoms with Crippen LogP contribution in [0.2, 0.25) is 0 Å². The molecule has 26 heavy (non-hydrogen) atoms. The standard InChI is InChI=1S/C20H27N3O2.HI/c1-3-21-20(22-13-14-25-19-11-5-4-6-12-19)23-15-17-9-7-8-10-18(17)16-24-2;/h4-12H,3,13-16H2,1-2H3,(H2,21,22,23);1H. The second-order valence-electron chi connectivity index (χ2n) is 5.49. The zero-order chi connectivity index (χ0) is 17.7. The first-order valence-electron chi connectivity index (χ1n) is 8.59. The van der Waals surface area contributed by atoms with Crippen molar-refractivity contribution in [1.29, 1.82) is 0 Å². The van der Waals surface area contributed by atoms with Gasteiger partial charge in [0.25, 0.3) is 0 Å². The Labute approximate surface area is 173 Å². The number of ether oxygens (including phenoxy) is 2. The number of methoxy groups -OCH3 is 1. The Balaban J connectivity index is 0.00000338. The normalized spacial score (nSPS) is 10.8. The van der Waals surface area contributed by atoms with Crippen LogP contribution >= 0.6 is 24.0 Å². The van der Waals surface area contributed by atoms with Gasteiger partial charge in [-0.15, -0.1) is 24.0 Å². The monoisotopic (exact) mass is 469 g/mol. The Bertz CT molecular complexity index is 651. The smallest absolute Gasteiger partial charge is 0.191 e. The average Bonchev–Trinajstić information content (AvgIpc) is 2.65. The van der Waals surface area contributed by atoms with E-state index < -0.39 is 0 Å². The van der Waals surface area contributed by atoms with Crippen LogP contribution in [0.5, 0.6) is 5.75 Å². The van der Waals surface area contributed by atoms with Crippen LogP contribution in [0.3, 0.4) is 0 Å². The van der Waals surface area contributed by atoms with Crippen LogP contribution in [-0.4, -0.2) is 32.8 Å². The van der Waals surface area contributed by atoms with Crippen molar-refractivity contribution in [1.82, 2.24) is 10.6 Å². The van der Waals surface area contributed by atoms with Crippen LogP contribution in [0.25, 0.3) is 0 Å². The van der Waals surface area contributed by atoms with Crippen molar-refractivity contribution in [3.05, 3.63) is 65.7 Å². The molecule has 2 aromatic carbocycles. The molecule has 0 saturated heterocycles. The summed E-state index contributed by atoms with van der Waals surface area (Å²) in [5.41, 5.74) is 2.33. The largest absolute Gasteiger partial charge is 0.492 e. The fraction of sp³-hybridized carbons (Fsp3) is 0.350. The number of hydrogen-bond acceptors (Lipinski definition) is 3. The summed E-state index contributed by atoms with van der Waals surface area (Å²) in [6.45, 7) is 5.33. The predicted octanol–water partition coefficient (Wildman–Crippen LogP) is 3.59. The molecule has 0 fully saturated rings. The first kappa shape index (κ1) is 22.2. The van der Waals surface area contributed by atoms with Crippen LogP contribution in [0.4, 0.5) is 0 Å². The van der Waals surface area contributed by atoms with Crippen LogP contribution in [0, 0.1) is 0 Å². The molecule has 0 atom stereocenters. The van der Waals surface area contributed by atoms with Gasteiger partial charge in [0.05, 0.1) is 19.7 Å². The Morgan fingerprint density at radius 2 is 1.65 bits per heavy atom. The first-order chi connectivity index (χ1) is 12.3. The quantitative estimate of drug-likeness (QED) is 0.255. The van der Waals surface area contributed by atoms with Crippen LogP contribution in [0.15, 0.2) is 59.6 Å². The fourth-order valence-corrected chi connectivity index (χ4v) is 2.37. The SMILES string of the molecule is CCNC(=NCc1ccccc1COC)NCCOc1ccccc1.I. The summed E-state index contributed by atoms with van der Waals surface area (Å²) in [6.07, 6.45) is 0. The molecule has 0 amide bonds. The minimum absolute atomic E-state index is 0. The Morgan fingerprint density at radius 1 is 0.962 bits per heavy atom. The van der Waals surface area contributed by atoms with Crippen molar-refractivity contribution in [2.75, 3.05) is 26.8 Å². The second-order valence-corrected chi connectivity index (χ2v) is 5.49. The van der Waals surface area contributed by atoms with Crippen molar-refractivity contribution in [2.45, 2.75) is 20.1 Å². The summed E-state index contributed by atoms with van der Waals surface area (Å²) in [5, 5.41) is 6.55. The molecule has 0 aliphatic carbocycles. The first-order valence-corrected chi connectivity index (χ1v) is 8.59. The highest BCUT2D eigenvalue weighted by atomic mass is 127. The third kappa shape index (κ3) is 8.05. The van der Waals surface area contributed by atoms with Gasteiger partial charge in [-0.25, -0.2) is 4.99 Å². The van der Waals surface area contributed by atoms with Crippen molar-refractivity contribution in [3.8, 4) is 5.75 Å². The van der Waals surface area contributed by atoms with Crippen molar-refractivity contribution >= 4 is 29.9 Å².